The third-order valence-electron chi connectivity index (χ3n) is 3.02. The number of aryl methyl sites for hydroxylation is 2. The lowest BCUT2D eigenvalue weighted by molar-refractivity contribution is 0.0913. The fourth-order valence-corrected chi connectivity index (χ4v) is 2.20. The fraction of sp³-hybridized carbons (Fsp3) is 0.188. The molecule has 2 aromatic rings. The molecule has 0 saturated carbocycles. The van der Waals surface area contributed by atoms with Crippen molar-refractivity contribution in [3.63, 3.8) is 0 Å². The summed E-state index contributed by atoms with van der Waals surface area (Å²) in [5, 5.41) is 0. The Labute approximate surface area is 129 Å². The van der Waals surface area contributed by atoms with Crippen LogP contribution in [0.25, 0.3) is 0 Å². The second kappa shape index (κ2) is 6.35. The highest BCUT2D eigenvalue weighted by molar-refractivity contribution is 9.10. The summed E-state index contributed by atoms with van der Waals surface area (Å²) in [6.07, 6.45) is 0. The molecule has 0 saturated heterocycles. The molecule has 0 N–H and O–H groups in total. The second-order valence-electron chi connectivity index (χ2n) is 4.68. The maximum absolute atomic E-state index is 13.5. The third kappa shape index (κ3) is 3.47. The first kappa shape index (κ1) is 15.6. The number of halogens is 3. The summed E-state index contributed by atoms with van der Waals surface area (Å²) >= 11 is 3.43. The van der Waals surface area contributed by atoms with Gasteiger partial charge in [0.15, 0.2) is 6.61 Å². The van der Waals surface area contributed by atoms with Crippen LogP contribution < -0.4 is 4.74 Å². The number of ketones is 1. The molecule has 0 aliphatic heterocycles. The SMILES string of the molecule is Cc1cc(OCC(=O)c2c(F)cccc2F)cc(C)c1Br. The van der Waals surface area contributed by atoms with Gasteiger partial charge in [-0.3, -0.25) is 4.79 Å². The van der Waals surface area contributed by atoms with Crippen LogP contribution in [-0.2, 0) is 0 Å². The van der Waals surface area contributed by atoms with Crippen LogP contribution in [0.2, 0.25) is 0 Å². The highest BCUT2D eigenvalue weighted by atomic mass is 79.9. The van der Waals surface area contributed by atoms with Crippen LogP contribution in [-0.4, -0.2) is 12.4 Å². The maximum Gasteiger partial charge on any atom is 0.206 e. The Morgan fingerprint density at radius 2 is 1.67 bits per heavy atom. The molecule has 0 aromatic heterocycles. The monoisotopic (exact) mass is 354 g/mol. The van der Waals surface area contributed by atoms with Gasteiger partial charge in [-0.1, -0.05) is 22.0 Å². The molecule has 2 rings (SSSR count). The van der Waals surface area contributed by atoms with E-state index in [1.807, 2.05) is 13.8 Å². The molecule has 0 atom stereocenters. The van der Waals surface area contributed by atoms with Crippen molar-refractivity contribution in [1.29, 1.82) is 0 Å². The van der Waals surface area contributed by atoms with Gasteiger partial charge in [0.25, 0.3) is 0 Å². The number of ether oxygens (including phenoxy) is 1. The number of carbonyl (C=O) groups excluding carboxylic acids is 1. The molecule has 21 heavy (non-hydrogen) atoms. The van der Waals surface area contributed by atoms with Crippen molar-refractivity contribution >= 4 is 21.7 Å². The van der Waals surface area contributed by atoms with E-state index in [2.05, 4.69) is 15.9 Å². The summed E-state index contributed by atoms with van der Waals surface area (Å²) in [6, 6.07) is 6.81. The number of Topliss-reactive ketones (excluding diaryl/α,β-unsaturated/α-hetero) is 1. The Morgan fingerprint density at radius 1 is 1.14 bits per heavy atom. The minimum absolute atomic E-state index is 0.418. The van der Waals surface area contributed by atoms with Gasteiger partial charge in [-0.2, -0.15) is 0 Å². The summed E-state index contributed by atoms with van der Waals surface area (Å²) in [6.45, 7) is 3.36. The zero-order valence-electron chi connectivity index (χ0n) is 11.5. The summed E-state index contributed by atoms with van der Waals surface area (Å²) in [5.74, 6) is -2.01. The van der Waals surface area contributed by atoms with Crippen LogP contribution in [0, 0.1) is 25.5 Å². The molecular formula is C16H13BrF2O2. The minimum Gasteiger partial charge on any atom is -0.485 e. The summed E-state index contributed by atoms with van der Waals surface area (Å²) < 4.78 is 33.3. The minimum atomic E-state index is -0.883. The Kier molecular flexibility index (Phi) is 4.73. The first-order valence-corrected chi connectivity index (χ1v) is 7.06. The number of hydrogen-bond donors (Lipinski definition) is 0. The third-order valence-corrected chi connectivity index (χ3v) is 4.27. The number of rotatable bonds is 4. The zero-order valence-corrected chi connectivity index (χ0v) is 13.1. The molecule has 0 radical (unpaired) electrons. The van der Waals surface area contributed by atoms with Gasteiger partial charge in [0.1, 0.15) is 17.4 Å². The maximum atomic E-state index is 13.5. The number of hydrogen-bond acceptors (Lipinski definition) is 2. The van der Waals surface area contributed by atoms with Gasteiger partial charge < -0.3 is 4.74 Å². The number of benzene rings is 2. The molecule has 0 aliphatic carbocycles. The highest BCUT2D eigenvalue weighted by Gasteiger charge is 2.17. The Hall–Kier alpha value is -1.75. The molecule has 110 valence electrons. The highest BCUT2D eigenvalue weighted by Crippen LogP contribution is 2.26. The lowest BCUT2D eigenvalue weighted by atomic mass is 10.1. The van der Waals surface area contributed by atoms with E-state index >= 15 is 0 Å². The van der Waals surface area contributed by atoms with E-state index in [9.17, 15) is 13.6 Å². The zero-order chi connectivity index (χ0) is 15.6. The molecule has 0 spiro atoms. The molecule has 0 aliphatic rings. The quantitative estimate of drug-likeness (QED) is 0.749. The Morgan fingerprint density at radius 3 is 2.19 bits per heavy atom. The predicted octanol–water partition coefficient (Wildman–Crippen LogP) is 4.61. The van der Waals surface area contributed by atoms with Crippen LogP contribution in [0.15, 0.2) is 34.8 Å². The van der Waals surface area contributed by atoms with Gasteiger partial charge >= 0.3 is 0 Å². The largest absolute Gasteiger partial charge is 0.485 e. The molecule has 2 aromatic carbocycles. The molecule has 0 amide bonds. The van der Waals surface area contributed by atoms with Gasteiger partial charge in [0.2, 0.25) is 5.78 Å². The van der Waals surface area contributed by atoms with E-state index in [1.165, 1.54) is 6.07 Å². The van der Waals surface area contributed by atoms with Crippen LogP contribution >= 0.6 is 15.9 Å². The second-order valence-corrected chi connectivity index (χ2v) is 5.47. The lowest BCUT2D eigenvalue weighted by Crippen LogP contribution is -2.15. The molecule has 2 nitrogen and oxygen atoms in total. The van der Waals surface area contributed by atoms with Crippen molar-refractivity contribution < 1.29 is 18.3 Å². The van der Waals surface area contributed by atoms with Crippen molar-refractivity contribution in [2.45, 2.75) is 13.8 Å². The van der Waals surface area contributed by atoms with Crippen LogP contribution in [0.5, 0.6) is 5.75 Å². The van der Waals surface area contributed by atoms with Crippen LogP contribution in [0.1, 0.15) is 21.5 Å². The van der Waals surface area contributed by atoms with Crippen molar-refractivity contribution in [1.82, 2.24) is 0 Å². The fourth-order valence-electron chi connectivity index (χ4n) is 1.97. The Bertz CT molecular complexity index is 655. The van der Waals surface area contributed by atoms with Crippen molar-refractivity contribution in [3.05, 3.63) is 63.1 Å². The van der Waals surface area contributed by atoms with E-state index in [0.717, 1.165) is 27.7 Å². The molecule has 0 unspecified atom stereocenters. The summed E-state index contributed by atoms with van der Waals surface area (Å²) in [4.78, 5) is 11.9. The van der Waals surface area contributed by atoms with E-state index in [1.54, 1.807) is 12.1 Å². The molecule has 0 fully saturated rings. The molecular weight excluding hydrogens is 342 g/mol. The summed E-state index contributed by atoms with van der Waals surface area (Å²) in [7, 11) is 0. The predicted molar refractivity (Wildman–Crippen MR) is 79.8 cm³/mol. The van der Waals surface area contributed by atoms with Gasteiger partial charge in [-0.05, 0) is 49.2 Å². The lowest BCUT2D eigenvalue weighted by Gasteiger charge is -2.10. The molecule has 0 heterocycles. The van der Waals surface area contributed by atoms with Crippen LogP contribution in [0.3, 0.4) is 0 Å². The standard InChI is InChI=1S/C16H13BrF2O2/c1-9-6-11(7-10(2)16(9)17)21-8-14(20)15-12(18)4-3-5-13(15)19/h3-7H,8H2,1-2H3. The van der Waals surface area contributed by atoms with Gasteiger partial charge in [0, 0.05) is 4.47 Å². The van der Waals surface area contributed by atoms with Crippen molar-refractivity contribution in [3.8, 4) is 5.75 Å². The molecule has 0 bridgehead atoms. The Balaban J connectivity index is 2.15. The topological polar surface area (TPSA) is 26.3 Å². The first-order chi connectivity index (χ1) is 9.90. The van der Waals surface area contributed by atoms with Gasteiger partial charge in [-0.15, -0.1) is 0 Å². The van der Waals surface area contributed by atoms with Gasteiger partial charge in [0.05, 0.1) is 5.56 Å². The number of carbonyl (C=O) groups is 1. The van der Waals surface area contributed by atoms with E-state index in [0.29, 0.717) is 5.75 Å². The molecule has 5 heteroatoms. The van der Waals surface area contributed by atoms with Gasteiger partial charge in [-0.25, -0.2) is 8.78 Å². The van der Waals surface area contributed by atoms with E-state index in [-0.39, 0.29) is 0 Å². The van der Waals surface area contributed by atoms with Crippen molar-refractivity contribution in [2.75, 3.05) is 6.61 Å². The average molecular weight is 355 g/mol. The summed E-state index contributed by atoms with van der Waals surface area (Å²) in [5.41, 5.74) is 1.34. The normalized spacial score (nSPS) is 10.5. The van der Waals surface area contributed by atoms with Crippen LogP contribution in [0.4, 0.5) is 8.78 Å². The smallest absolute Gasteiger partial charge is 0.206 e. The van der Waals surface area contributed by atoms with E-state index in [4.69, 9.17) is 4.74 Å². The average Bonchev–Trinajstić information content (AvgIpc) is 2.42. The van der Waals surface area contributed by atoms with Crippen molar-refractivity contribution in [2.24, 2.45) is 0 Å². The van der Waals surface area contributed by atoms with E-state index < -0.39 is 29.6 Å². The first-order valence-electron chi connectivity index (χ1n) is 6.27.